The third kappa shape index (κ3) is 3.07. The van der Waals surface area contributed by atoms with Crippen LogP contribution in [0.25, 0.3) is 0 Å². The van der Waals surface area contributed by atoms with Crippen LogP contribution >= 0.6 is 0 Å². The third-order valence-electron chi connectivity index (χ3n) is 2.53. The van der Waals surface area contributed by atoms with E-state index in [-0.39, 0.29) is 11.9 Å². The maximum absolute atomic E-state index is 11.4. The van der Waals surface area contributed by atoms with E-state index in [0.29, 0.717) is 12.3 Å². The molecule has 0 aliphatic heterocycles. The summed E-state index contributed by atoms with van der Waals surface area (Å²) in [6, 6.07) is 9.57. The molecule has 0 unspecified atom stereocenters. The number of nitrogens with one attached hydrogen (secondary N) is 1. The molecule has 1 N–H and O–H groups in total. The number of hydrogen-bond acceptors (Lipinski definition) is 3. The highest BCUT2D eigenvalue weighted by Gasteiger charge is 2.17. The highest BCUT2D eigenvalue weighted by molar-refractivity contribution is 5.87. The van der Waals surface area contributed by atoms with E-state index in [1.54, 1.807) is 6.20 Å². The minimum atomic E-state index is -0.284. The van der Waals surface area contributed by atoms with Gasteiger partial charge in [0.05, 0.1) is 6.20 Å². The van der Waals surface area contributed by atoms with Crippen molar-refractivity contribution in [3.05, 3.63) is 66.9 Å². The molecule has 1 heterocycles. The molecule has 1 aromatic carbocycles. The Morgan fingerprint density at radius 3 is 2.83 bits per heavy atom. The number of carbonyl (C=O) groups is 1. The van der Waals surface area contributed by atoms with Gasteiger partial charge in [-0.25, -0.2) is 4.98 Å². The van der Waals surface area contributed by atoms with Crippen LogP contribution in [0.4, 0.5) is 0 Å². The van der Waals surface area contributed by atoms with Crippen LogP contribution in [0.15, 0.2) is 59.9 Å². The molecule has 2 rings (SSSR count). The fourth-order valence-corrected chi connectivity index (χ4v) is 1.69. The fourth-order valence-electron chi connectivity index (χ4n) is 1.69. The van der Waals surface area contributed by atoms with Crippen molar-refractivity contribution in [1.29, 1.82) is 0 Å². The standard InChI is InChI=1S/C14H14N2O2/c1-2-13(17)16-12(14-15-8-9-18-14)10-11-6-4-3-5-7-11/h2-9,12H,1,10H2,(H,16,17)/t12-/m0/s1. The second-order valence-electron chi connectivity index (χ2n) is 3.83. The molecule has 1 aromatic heterocycles. The van der Waals surface area contributed by atoms with Crippen molar-refractivity contribution in [3.8, 4) is 0 Å². The number of benzene rings is 1. The van der Waals surface area contributed by atoms with Gasteiger partial charge in [0.25, 0.3) is 0 Å². The Balaban J connectivity index is 2.15. The average Bonchev–Trinajstić information content (AvgIpc) is 2.93. The van der Waals surface area contributed by atoms with Crippen LogP contribution < -0.4 is 5.32 Å². The smallest absolute Gasteiger partial charge is 0.244 e. The zero-order valence-corrected chi connectivity index (χ0v) is 9.87. The molecule has 18 heavy (non-hydrogen) atoms. The van der Waals surface area contributed by atoms with Crippen LogP contribution in [0, 0.1) is 0 Å². The predicted octanol–water partition coefficient (Wildman–Crippen LogP) is 2.26. The van der Waals surface area contributed by atoms with E-state index in [2.05, 4.69) is 16.9 Å². The number of nitrogens with zero attached hydrogens (tertiary/aromatic N) is 1. The molecule has 0 fully saturated rings. The van der Waals surface area contributed by atoms with E-state index < -0.39 is 0 Å². The SMILES string of the molecule is C=CC(=O)N[C@@H](Cc1ccccc1)c1ncco1. The van der Waals surface area contributed by atoms with Gasteiger partial charge in [0.2, 0.25) is 11.8 Å². The summed E-state index contributed by atoms with van der Waals surface area (Å²) >= 11 is 0. The van der Waals surface area contributed by atoms with Gasteiger partial charge in [-0.15, -0.1) is 0 Å². The van der Waals surface area contributed by atoms with Crippen molar-refractivity contribution in [2.75, 3.05) is 0 Å². The Bertz CT molecular complexity index is 506. The van der Waals surface area contributed by atoms with Gasteiger partial charge in [-0.2, -0.15) is 0 Å². The summed E-state index contributed by atoms with van der Waals surface area (Å²) in [5.74, 6) is 0.253. The first-order valence-corrected chi connectivity index (χ1v) is 5.66. The van der Waals surface area contributed by atoms with E-state index in [1.165, 1.54) is 12.3 Å². The Hall–Kier alpha value is -2.36. The minimum absolute atomic E-state index is 0.242. The Morgan fingerprint density at radius 1 is 1.44 bits per heavy atom. The van der Waals surface area contributed by atoms with E-state index in [4.69, 9.17) is 4.42 Å². The molecule has 92 valence electrons. The third-order valence-corrected chi connectivity index (χ3v) is 2.53. The van der Waals surface area contributed by atoms with Crippen molar-refractivity contribution >= 4 is 5.91 Å². The summed E-state index contributed by atoms with van der Waals surface area (Å²) in [5.41, 5.74) is 1.10. The van der Waals surface area contributed by atoms with Crippen molar-refractivity contribution in [3.63, 3.8) is 0 Å². The van der Waals surface area contributed by atoms with Crippen LogP contribution in [-0.4, -0.2) is 10.9 Å². The van der Waals surface area contributed by atoms with Gasteiger partial charge in [0, 0.05) is 6.42 Å². The molecule has 0 radical (unpaired) electrons. The van der Waals surface area contributed by atoms with Crippen molar-refractivity contribution < 1.29 is 9.21 Å². The molecule has 0 saturated heterocycles. The van der Waals surface area contributed by atoms with E-state index in [9.17, 15) is 4.79 Å². The lowest BCUT2D eigenvalue weighted by atomic mass is 10.1. The highest BCUT2D eigenvalue weighted by atomic mass is 16.3. The first-order valence-electron chi connectivity index (χ1n) is 5.66. The first kappa shape index (κ1) is 12.1. The Labute approximate surface area is 105 Å². The molecule has 1 amide bonds. The summed E-state index contributed by atoms with van der Waals surface area (Å²) < 4.78 is 5.25. The van der Waals surface area contributed by atoms with Crippen LogP contribution in [0.1, 0.15) is 17.5 Å². The molecule has 2 aromatic rings. The summed E-state index contributed by atoms with van der Waals surface area (Å²) in [7, 11) is 0. The zero-order valence-electron chi connectivity index (χ0n) is 9.87. The molecule has 0 saturated carbocycles. The van der Waals surface area contributed by atoms with Crippen molar-refractivity contribution in [2.45, 2.75) is 12.5 Å². The number of carbonyl (C=O) groups excluding carboxylic acids is 1. The number of hydrogen-bond donors (Lipinski definition) is 1. The van der Waals surface area contributed by atoms with Crippen molar-refractivity contribution in [2.24, 2.45) is 0 Å². The summed E-state index contributed by atoms with van der Waals surface area (Å²) in [6.45, 7) is 3.44. The topological polar surface area (TPSA) is 55.1 Å². The van der Waals surface area contributed by atoms with Gasteiger partial charge >= 0.3 is 0 Å². The van der Waals surface area contributed by atoms with Gasteiger partial charge in [0.1, 0.15) is 12.3 Å². The lowest BCUT2D eigenvalue weighted by Gasteiger charge is -2.14. The quantitative estimate of drug-likeness (QED) is 0.818. The number of rotatable bonds is 5. The normalized spacial score (nSPS) is 11.8. The lowest BCUT2D eigenvalue weighted by Crippen LogP contribution is -2.28. The van der Waals surface area contributed by atoms with Crippen LogP contribution in [0.2, 0.25) is 0 Å². The van der Waals surface area contributed by atoms with Gasteiger partial charge in [-0.05, 0) is 11.6 Å². The Morgan fingerprint density at radius 2 is 2.22 bits per heavy atom. The fraction of sp³-hybridized carbons (Fsp3) is 0.143. The number of oxazole rings is 1. The molecule has 1 atom stereocenters. The molecular weight excluding hydrogens is 228 g/mol. The largest absolute Gasteiger partial charge is 0.447 e. The second-order valence-corrected chi connectivity index (χ2v) is 3.83. The van der Waals surface area contributed by atoms with E-state index in [1.807, 2.05) is 30.3 Å². The highest BCUT2D eigenvalue weighted by Crippen LogP contribution is 2.16. The molecule has 4 heteroatoms. The summed E-state index contributed by atoms with van der Waals surface area (Å²) in [4.78, 5) is 15.5. The van der Waals surface area contributed by atoms with Crippen molar-refractivity contribution in [1.82, 2.24) is 10.3 Å². The van der Waals surface area contributed by atoms with E-state index in [0.717, 1.165) is 5.56 Å². The minimum Gasteiger partial charge on any atom is -0.447 e. The molecule has 0 bridgehead atoms. The molecule has 0 aliphatic rings. The zero-order chi connectivity index (χ0) is 12.8. The maximum Gasteiger partial charge on any atom is 0.244 e. The van der Waals surface area contributed by atoms with Gasteiger partial charge in [-0.1, -0.05) is 36.9 Å². The lowest BCUT2D eigenvalue weighted by molar-refractivity contribution is -0.117. The summed E-state index contributed by atoms with van der Waals surface area (Å²) in [5, 5.41) is 2.80. The number of amides is 1. The second kappa shape index (κ2) is 5.82. The first-order chi connectivity index (χ1) is 8.79. The monoisotopic (exact) mass is 242 g/mol. The van der Waals surface area contributed by atoms with Gasteiger partial charge in [-0.3, -0.25) is 4.79 Å². The van der Waals surface area contributed by atoms with E-state index >= 15 is 0 Å². The molecular formula is C14H14N2O2. The predicted molar refractivity (Wildman–Crippen MR) is 67.7 cm³/mol. The number of aromatic nitrogens is 1. The summed E-state index contributed by atoms with van der Waals surface area (Å²) in [6.07, 6.45) is 4.92. The van der Waals surface area contributed by atoms with Crippen LogP contribution in [0.3, 0.4) is 0 Å². The van der Waals surface area contributed by atoms with Gasteiger partial charge < -0.3 is 9.73 Å². The average molecular weight is 242 g/mol. The molecule has 4 nitrogen and oxygen atoms in total. The van der Waals surface area contributed by atoms with Crippen LogP contribution in [0.5, 0.6) is 0 Å². The van der Waals surface area contributed by atoms with Gasteiger partial charge in [0.15, 0.2) is 0 Å². The molecule has 0 aliphatic carbocycles. The molecule has 0 spiro atoms. The maximum atomic E-state index is 11.4. The Kier molecular flexibility index (Phi) is 3.91. The van der Waals surface area contributed by atoms with Crippen LogP contribution in [-0.2, 0) is 11.2 Å².